The molecule has 0 bridgehead atoms. The van der Waals surface area contributed by atoms with Gasteiger partial charge in [0.25, 0.3) is 0 Å². The van der Waals surface area contributed by atoms with Crippen molar-refractivity contribution >= 4 is 82.9 Å². The minimum atomic E-state index is -2.03. The molecule has 0 saturated heterocycles. The molecule has 85 heavy (non-hydrogen) atoms. The second-order valence-electron chi connectivity index (χ2n) is 20.3. The number of aromatic nitrogens is 2. The number of carboxylic acids is 3. The number of carboxylic acid groups (broad SMARTS) is 3. The fraction of sp³-hybridized carbons (Fsp3) is 0.463. The monoisotopic (exact) mass is 1190 g/mol. The number of aromatic hydroxyl groups is 1. The highest BCUT2D eigenvalue weighted by molar-refractivity contribution is 5.99. The van der Waals surface area contributed by atoms with E-state index in [0.717, 1.165) is 13.8 Å². The van der Waals surface area contributed by atoms with Gasteiger partial charge in [0.1, 0.15) is 60.1 Å². The van der Waals surface area contributed by atoms with E-state index >= 15 is 0 Å². The van der Waals surface area contributed by atoms with E-state index in [4.69, 9.17) is 11.5 Å². The van der Waals surface area contributed by atoms with E-state index < -0.39 is 175 Å². The van der Waals surface area contributed by atoms with Gasteiger partial charge >= 0.3 is 17.9 Å². The Bertz CT molecular complexity index is 2850. The molecule has 0 unspecified atom stereocenters. The summed E-state index contributed by atoms with van der Waals surface area (Å²) in [5.41, 5.74) is 12.1. The molecule has 1 heterocycles. The van der Waals surface area contributed by atoms with Crippen molar-refractivity contribution in [2.75, 3.05) is 0 Å². The fourth-order valence-electron chi connectivity index (χ4n) is 8.25. The summed E-state index contributed by atoms with van der Waals surface area (Å²) in [5.74, 6) is -16.1. The smallest absolute Gasteiger partial charge is 0.305 e. The normalized spacial score (nSPS) is 14.1. The Labute approximate surface area is 486 Å². The second-order valence-corrected chi connectivity index (χ2v) is 20.3. The molecular weight excluding hydrogens is 1120 g/mol. The summed E-state index contributed by atoms with van der Waals surface area (Å²) in [4.78, 5) is 189. The Morgan fingerprint density at radius 1 is 0.482 bits per heavy atom. The van der Waals surface area contributed by atoms with Crippen molar-refractivity contribution in [3.8, 4) is 5.75 Å². The van der Waals surface area contributed by atoms with Gasteiger partial charge in [0, 0.05) is 57.3 Å². The fourth-order valence-corrected chi connectivity index (χ4v) is 8.25. The third-order valence-electron chi connectivity index (χ3n) is 12.6. The van der Waals surface area contributed by atoms with Crippen LogP contribution in [0.3, 0.4) is 0 Å². The van der Waals surface area contributed by atoms with E-state index in [9.17, 15) is 87.5 Å². The van der Waals surface area contributed by atoms with Crippen molar-refractivity contribution in [2.45, 2.75) is 153 Å². The van der Waals surface area contributed by atoms with Crippen LogP contribution in [-0.4, -0.2) is 168 Å². The predicted molar refractivity (Wildman–Crippen MR) is 296 cm³/mol. The predicted octanol–water partition coefficient (Wildman–Crippen LogP) is -3.45. The van der Waals surface area contributed by atoms with Crippen LogP contribution in [-0.2, 0) is 86.4 Å². The number of phenolic OH excluding ortho intramolecular Hbond substituents is 1. The van der Waals surface area contributed by atoms with Gasteiger partial charge in [-0.1, -0.05) is 56.3 Å². The van der Waals surface area contributed by atoms with Crippen LogP contribution in [0, 0.1) is 5.92 Å². The molecule has 3 aromatic rings. The van der Waals surface area contributed by atoms with Crippen LogP contribution >= 0.6 is 0 Å². The molecule has 0 aliphatic heterocycles. The van der Waals surface area contributed by atoms with Crippen molar-refractivity contribution in [3.05, 3.63) is 83.9 Å². The van der Waals surface area contributed by atoms with Crippen LogP contribution in [0.15, 0.2) is 67.1 Å². The Morgan fingerprint density at radius 3 is 1.38 bits per heavy atom. The van der Waals surface area contributed by atoms with Crippen LogP contribution in [0.4, 0.5) is 0 Å². The summed E-state index contributed by atoms with van der Waals surface area (Å²) >= 11 is 0. The van der Waals surface area contributed by atoms with Gasteiger partial charge in [-0.2, -0.15) is 0 Å². The molecular formula is C54H73N13O18. The summed E-state index contributed by atoms with van der Waals surface area (Å²) in [6, 6.07) is -0.660. The van der Waals surface area contributed by atoms with Crippen molar-refractivity contribution in [1.29, 1.82) is 0 Å². The highest BCUT2D eigenvalue weighted by Crippen LogP contribution is 2.15. The number of primary amides is 2. The van der Waals surface area contributed by atoms with Gasteiger partial charge in [0.15, 0.2) is 0 Å². The zero-order valence-electron chi connectivity index (χ0n) is 47.0. The molecule has 0 aliphatic rings. The highest BCUT2D eigenvalue weighted by atomic mass is 16.4. The third-order valence-corrected chi connectivity index (χ3v) is 12.6. The third kappa shape index (κ3) is 25.8. The molecule has 11 amide bonds. The van der Waals surface area contributed by atoms with Crippen molar-refractivity contribution in [2.24, 2.45) is 17.4 Å². The zero-order chi connectivity index (χ0) is 63.5. The maximum atomic E-state index is 14.4. The number of hydrogen-bond donors (Lipinski definition) is 16. The van der Waals surface area contributed by atoms with E-state index in [1.165, 1.54) is 36.8 Å². The number of hydrogen-bond acceptors (Lipinski definition) is 16. The lowest BCUT2D eigenvalue weighted by Gasteiger charge is -2.28. The Balaban J connectivity index is 1.90. The maximum absolute atomic E-state index is 14.4. The Morgan fingerprint density at radius 2 is 0.906 bits per heavy atom. The molecule has 31 nitrogen and oxygen atoms in total. The molecule has 0 saturated carbocycles. The first-order chi connectivity index (χ1) is 40.0. The molecule has 9 atom stereocenters. The number of imidazole rings is 1. The maximum Gasteiger partial charge on any atom is 0.305 e. The van der Waals surface area contributed by atoms with Crippen LogP contribution in [0.5, 0.6) is 5.75 Å². The van der Waals surface area contributed by atoms with E-state index in [0.29, 0.717) is 16.8 Å². The zero-order valence-corrected chi connectivity index (χ0v) is 47.0. The number of nitrogens with one attached hydrogen (secondary N) is 10. The number of aromatic amines is 1. The van der Waals surface area contributed by atoms with Gasteiger partial charge in [-0.25, -0.2) is 4.98 Å². The first-order valence-electron chi connectivity index (χ1n) is 26.7. The average molecular weight is 1190 g/mol. The molecule has 2 aromatic carbocycles. The van der Waals surface area contributed by atoms with Gasteiger partial charge in [-0.05, 0) is 61.8 Å². The average Bonchev–Trinajstić information content (AvgIpc) is 4.09. The number of carbonyl (C=O) groups is 14. The number of phenols is 1. The summed E-state index contributed by atoms with van der Waals surface area (Å²) in [6.45, 7) is 5.56. The molecule has 0 aliphatic carbocycles. The topological polar surface area (TPSA) is 509 Å². The van der Waals surface area contributed by atoms with E-state index in [2.05, 4.69) is 57.8 Å². The van der Waals surface area contributed by atoms with Crippen molar-refractivity contribution < 1.29 is 87.5 Å². The molecule has 18 N–H and O–H groups in total. The summed E-state index contributed by atoms with van der Waals surface area (Å²) in [5, 5.41) is 60.2. The molecule has 3 rings (SSSR count). The standard InChI is InChI=1S/C54H73N13O18/c1-27(2)20-37(50(81)65-38(21-30-8-6-5-7-9-30)52(83)66-39(22-31-10-12-33(69)13-11-31)51(82)61-34(46(56)77)14-17-42(55)70)64-54(85)41(24-45(75)76)67-49(80)36(16-19-44(73)74)62-47(78)28(3)59-48(79)35(15-18-43(71)72)63-53(84)40(60-29(4)68)23-32-25-57-26-58-32/h5-13,25-28,34-41,69H,14-24H2,1-4H3,(H2,55,70)(H2,56,77)(H,57,58)(H,59,79)(H,60,68)(H,61,82)(H,62,78)(H,63,84)(H,64,85)(H,65,81)(H,66,83)(H,67,80)(H,71,72)(H,73,74)(H,75,76)/t28-,34-,35-,36-,37-,38-,39-,40-,41-/m0/s1. The van der Waals surface area contributed by atoms with Gasteiger partial charge in [0.05, 0.1) is 12.7 Å². The minimum absolute atomic E-state index is 0.119. The lowest BCUT2D eigenvalue weighted by Crippen LogP contribution is -2.61. The van der Waals surface area contributed by atoms with Crippen molar-refractivity contribution in [3.63, 3.8) is 0 Å². The first-order valence-corrected chi connectivity index (χ1v) is 26.7. The lowest BCUT2D eigenvalue weighted by molar-refractivity contribution is -0.142. The number of nitrogens with zero attached hydrogens (tertiary/aromatic N) is 1. The van der Waals surface area contributed by atoms with Crippen LogP contribution < -0.4 is 59.3 Å². The molecule has 31 heteroatoms. The van der Waals surface area contributed by atoms with Crippen molar-refractivity contribution in [1.82, 2.24) is 57.8 Å². The largest absolute Gasteiger partial charge is 0.508 e. The van der Waals surface area contributed by atoms with Crippen LogP contribution in [0.25, 0.3) is 0 Å². The molecule has 0 fully saturated rings. The SMILES string of the molecule is CC(=O)N[C@@H](Cc1cnc[nH]1)C(=O)N[C@@H](CCC(=O)O)C(=O)N[C@@H](C)C(=O)N[C@@H](CCC(=O)O)C(=O)N[C@@H](CC(=O)O)C(=O)N[C@@H](CC(C)C)C(=O)N[C@@H](Cc1ccccc1)C(=O)N[C@@H](Cc1ccc(O)cc1)C(=O)N[C@@H](CCC(N)=O)C(N)=O. The number of H-pyrrole nitrogens is 1. The second kappa shape index (κ2) is 34.5. The van der Waals surface area contributed by atoms with Gasteiger partial charge < -0.3 is 84.7 Å². The molecule has 462 valence electrons. The molecule has 0 spiro atoms. The van der Waals surface area contributed by atoms with Gasteiger partial charge in [-0.3, -0.25) is 67.1 Å². The van der Waals surface area contributed by atoms with Gasteiger partial charge in [-0.15, -0.1) is 0 Å². The number of benzene rings is 2. The summed E-state index contributed by atoms with van der Waals surface area (Å²) in [7, 11) is 0. The number of nitrogens with two attached hydrogens (primary N) is 2. The lowest BCUT2D eigenvalue weighted by atomic mass is 9.99. The van der Waals surface area contributed by atoms with E-state index in [-0.39, 0.29) is 44.3 Å². The number of amides is 11. The first kappa shape index (κ1) is 69.3. The van der Waals surface area contributed by atoms with Crippen LogP contribution in [0.2, 0.25) is 0 Å². The number of rotatable bonds is 37. The number of aliphatic carboxylic acids is 3. The minimum Gasteiger partial charge on any atom is -0.508 e. The van der Waals surface area contributed by atoms with E-state index in [1.807, 2.05) is 0 Å². The van der Waals surface area contributed by atoms with E-state index in [1.54, 1.807) is 44.2 Å². The molecule has 1 aromatic heterocycles. The number of carbonyl (C=O) groups excluding carboxylic acids is 11. The Hall–Kier alpha value is -9.97. The quantitative estimate of drug-likeness (QED) is 0.0267. The molecule has 0 radical (unpaired) electrons. The highest BCUT2D eigenvalue weighted by Gasteiger charge is 2.36. The summed E-state index contributed by atoms with van der Waals surface area (Å²) in [6.07, 6.45) is -2.46. The Kier molecular flexibility index (Phi) is 28.1. The summed E-state index contributed by atoms with van der Waals surface area (Å²) < 4.78 is 0. The van der Waals surface area contributed by atoms with Gasteiger partial charge in [0.2, 0.25) is 65.0 Å². The van der Waals surface area contributed by atoms with Crippen LogP contribution in [0.1, 0.15) is 95.9 Å².